The summed E-state index contributed by atoms with van der Waals surface area (Å²) < 4.78 is 26.4. The van der Waals surface area contributed by atoms with Crippen LogP contribution in [0, 0.1) is 0 Å². The molecule has 7 nitrogen and oxygen atoms in total. The van der Waals surface area contributed by atoms with Crippen LogP contribution in [0.4, 0.5) is 4.79 Å². The number of carbonyl (C=O) groups is 1. The molecule has 100 valence electrons. The second kappa shape index (κ2) is 4.36. The molecule has 0 saturated carbocycles. The molecule has 0 fully saturated rings. The van der Waals surface area contributed by atoms with Gasteiger partial charge in [0.2, 0.25) is 0 Å². The van der Waals surface area contributed by atoms with E-state index in [-0.39, 0.29) is 6.54 Å². The van der Waals surface area contributed by atoms with E-state index in [1.54, 1.807) is 20.8 Å². The molecule has 1 aromatic rings. The molecule has 8 heteroatoms. The van der Waals surface area contributed by atoms with Crippen LogP contribution < -0.4 is 0 Å². The fraction of sp³-hybridized carbons (Fsp3) is 0.600. The summed E-state index contributed by atoms with van der Waals surface area (Å²) >= 11 is -2.15. The Bertz CT molecular complexity index is 506. The largest absolute Gasteiger partial charge is 0.444 e. The van der Waals surface area contributed by atoms with Crippen molar-refractivity contribution in [1.29, 1.82) is 0 Å². The van der Waals surface area contributed by atoms with Crippen molar-refractivity contribution in [2.24, 2.45) is 0 Å². The van der Waals surface area contributed by atoms with Gasteiger partial charge in [0.25, 0.3) is 11.3 Å². The molecule has 0 aromatic carbocycles. The van der Waals surface area contributed by atoms with Gasteiger partial charge in [-0.05, 0) is 20.8 Å². The van der Waals surface area contributed by atoms with Gasteiger partial charge in [0.05, 0.1) is 24.5 Å². The summed E-state index contributed by atoms with van der Waals surface area (Å²) in [7, 11) is 0. The van der Waals surface area contributed by atoms with Crippen LogP contribution in [-0.2, 0) is 29.1 Å². The Kier molecular flexibility index (Phi) is 3.16. The van der Waals surface area contributed by atoms with Crippen LogP contribution in [0.25, 0.3) is 0 Å². The van der Waals surface area contributed by atoms with E-state index >= 15 is 0 Å². The topological polar surface area (TPSA) is 84.7 Å². The lowest BCUT2D eigenvalue weighted by Crippen LogP contribution is -2.33. The number of carbonyl (C=O) groups excluding carboxylic acids is 1. The molecule has 1 N–H and O–H groups in total. The van der Waals surface area contributed by atoms with Gasteiger partial charge < -0.3 is 4.74 Å². The summed E-state index contributed by atoms with van der Waals surface area (Å²) in [5.74, 6) is 0. The number of fused-ring (bicyclic) bond motifs is 1. The number of hydrogen-bond donors (Lipinski definition) is 1. The Morgan fingerprint density at radius 2 is 2.17 bits per heavy atom. The maximum absolute atomic E-state index is 11.8. The normalized spacial score (nSPS) is 16.6. The highest BCUT2D eigenvalue weighted by Crippen LogP contribution is 2.23. The molecule has 1 amide bonds. The van der Waals surface area contributed by atoms with Gasteiger partial charge in [-0.3, -0.25) is 9.45 Å². The third-order valence-corrected chi connectivity index (χ3v) is 3.07. The average molecular weight is 273 g/mol. The maximum atomic E-state index is 11.8. The summed E-state index contributed by atoms with van der Waals surface area (Å²) in [6, 6.07) is 0. The number of ether oxygens (including phenoxy) is 1. The summed E-state index contributed by atoms with van der Waals surface area (Å²) in [5, 5.41) is 0. The zero-order chi connectivity index (χ0) is 13.5. The Morgan fingerprint density at radius 3 is 2.72 bits per heavy atom. The van der Waals surface area contributed by atoms with Crippen LogP contribution >= 0.6 is 0 Å². The first-order valence-corrected chi connectivity index (χ1v) is 6.48. The fourth-order valence-electron chi connectivity index (χ4n) is 1.69. The summed E-state index contributed by atoms with van der Waals surface area (Å²) in [5.41, 5.74) is 0.636. The van der Waals surface area contributed by atoms with Gasteiger partial charge in [0.1, 0.15) is 11.9 Å². The Balaban J connectivity index is 2.11. The van der Waals surface area contributed by atoms with Crippen LogP contribution in [0.5, 0.6) is 0 Å². The third-order valence-electron chi connectivity index (χ3n) is 2.42. The van der Waals surface area contributed by atoms with E-state index in [1.807, 2.05) is 0 Å². The van der Waals surface area contributed by atoms with Crippen molar-refractivity contribution in [2.45, 2.75) is 39.5 Å². The van der Waals surface area contributed by atoms with Gasteiger partial charge in [-0.25, -0.2) is 18.0 Å². The highest BCUT2D eigenvalue weighted by Gasteiger charge is 2.31. The first-order valence-electron chi connectivity index (χ1n) is 5.42. The molecule has 1 aliphatic heterocycles. The van der Waals surface area contributed by atoms with E-state index in [0.717, 1.165) is 3.97 Å². The van der Waals surface area contributed by atoms with Gasteiger partial charge in [0, 0.05) is 0 Å². The van der Waals surface area contributed by atoms with Gasteiger partial charge in [0.15, 0.2) is 0 Å². The summed E-state index contributed by atoms with van der Waals surface area (Å²) in [6.45, 7) is 5.89. The molecule has 0 bridgehead atoms. The average Bonchev–Trinajstić information content (AvgIpc) is 2.70. The van der Waals surface area contributed by atoms with E-state index in [9.17, 15) is 9.00 Å². The van der Waals surface area contributed by atoms with Crippen molar-refractivity contribution in [2.75, 3.05) is 0 Å². The predicted octanol–water partition coefficient (Wildman–Crippen LogP) is 1.12. The van der Waals surface area contributed by atoms with Crippen molar-refractivity contribution in [1.82, 2.24) is 13.9 Å². The number of hydrogen-bond acceptors (Lipinski definition) is 4. The number of amides is 1. The molecule has 18 heavy (non-hydrogen) atoms. The molecule has 0 radical (unpaired) electrons. The smallest absolute Gasteiger partial charge is 0.410 e. The van der Waals surface area contributed by atoms with Crippen molar-refractivity contribution in [3.05, 3.63) is 17.7 Å². The minimum atomic E-state index is -2.15. The zero-order valence-corrected chi connectivity index (χ0v) is 11.2. The number of rotatable bonds is 1. The Labute approximate surface area is 107 Å². The van der Waals surface area contributed by atoms with E-state index < -0.39 is 23.0 Å². The molecule has 0 saturated heterocycles. The number of aromatic nitrogens is 2. The van der Waals surface area contributed by atoms with Crippen molar-refractivity contribution in [3.8, 4) is 0 Å². The molecule has 1 atom stereocenters. The monoisotopic (exact) mass is 273 g/mol. The zero-order valence-electron chi connectivity index (χ0n) is 10.4. The lowest BCUT2D eigenvalue weighted by molar-refractivity contribution is 0.0238. The lowest BCUT2D eigenvalue weighted by Gasteiger charge is -2.24. The second-order valence-corrected chi connectivity index (χ2v) is 5.89. The maximum Gasteiger partial charge on any atom is 0.410 e. The predicted molar refractivity (Wildman–Crippen MR) is 63.9 cm³/mol. The quantitative estimate of drug-likeness (QED) is 0.775. The lowest BCUT2D eigenvalue weighted by atomic mass is 10.2. The molecule has 0 aliphatic carbocycles. The highest BCUT2D eigenvalue weighted by atomic mass is 32.2. The van der Waals surface area contributed by atoms with Crippen molar-refractivity contribution in [3.63, 3.8) is 0 Å². The van der Waals surface area contributed by atoms with E-state index in [1.165, 1.54) is 11.2 Å². The SMILES string of the molecule is CC(C)(C)OC(=O)N1Cc2ncn(S(=O)O)c2C1. The Hall–Kier alpha value is -1.41. The molecule has 1 aliphatic rings. The Morgan fingerprint density at radius 1 is 1.50 bits per heavy atom. The minimum absolute atomic E-state index is 0.233. The minimum Gasteiger partial charge on any atom is -0.444 e. The van der Waals surface area contributed by atoms with Gasteiger partial charge >= 0.3 is 6.09 Å². The van der Waals surface area contributed by atoms with Crippen molar-refractivity contribution >= 4 is 17.4 Å². The van der Waals surface area contributed by atoms with Crippen LogP contribution in [-0.4, -0.2) is 34.3 Å². The summed E-state index contributed by atoms with van der Waals surface area (Å²) in [6.07, 6.45) is 0.850. The second-order valence-electron chi connectivity index (χ2n) is 5.03. The van der Waals surface area contributed by atoms with Gasteiger partial charge in [-0.2, -0.15) is 0 Å². The summed E-state index contributed by atoms with van der Waals surface area (Å²) in [4.78, 5) is 17.3. The first kappa shape index (κ1) is 13.0. The molecular formula is C10H15N3O4S. The molecular weight excluding hydrogens is 258 g/mol. The molecule has 0 spiro atoms. The highest BCUT2D eigenvalue weighted by molar-refractivity contribution is 7.77. The fourth-order valence-corrected chi connectivity index (χ4v) is 2.17. The number of imidazole rings is 1. The van der Waals surface area contributed by atoms with E-state index in [4.69, 9.17) is 9.29 Å². The van der Waals surface area contributed by atoms with Crippen LogP contribution in [0.1, 0.15) is 32.2 Å². The standard InChI is InChI=1S/C10H15N3O4S/c1-10(2,3)17-9(14)12-4-7-8(5-12)13(6-11-7)18(15)16/h6H,4-5H2,1-3H3,(H,15,16). The third kappa shape index (κ3) is 2.54. The molecule has 1 unspecified atom stereocenters. The first-order chi connectivity index (χ1) is 8.28. The number of nitrogens with zero attached hydrogens (tertiary/aromatic N) is 3. The van der Waals surface area contributed by atoms with Gasteiger partial charge in [-0.15, -0.1) is 0 Å². The molecule has 1 aromatic heterocycles. The van der Waals surface area contributed by atoms with Crippen LogP contribution in [0.2, 0.25) is 0 Å². The van der Waals surface area contributed by atoms with Crippen molar-refractivity contribution < 1.29 is 18.3 Å². The van der Waals surface area contributed by atoms with Gasteiger partial charge in [-0.1, -0.05) is 0 Å². The molecule has 2 rings (SSSR count). The molecule has 2 heterocycles. The van der Waals surface area contributed by atoms with E-state index in [0.29, 0.717) is 17.9 Å². The van der Waals surface area contributed by atoms with Crippen LogP contribution in [0.15, 0.2) is 6.33 Å². The van der Waals surface area contributed by atoms with E-state index in [2.05, 4.69) is 4.98 Å². The van der Waals surface area contributed by atoms with Crippen LogP contribution in [0.3, 0.4) is 0 Å².